The Hall–Kier alpha value is -2.76. The molecule has 0 saturated heterocycles. The lowest BCUT2D eigenvalue weighted by atomic mass is 10.1. The van der Waals surface area contributed by atoms with Crippen molar-refractivity contribution in [1.29, 1.82) is 0 Å². The Morgan fingerprint density at radius 2 is 1.95 bits per heavy atom. The molecule has 0 aliphatic carbocycles. The summed E-state index contributed by atoms with van der Waals surface area (Å²) in [4.78, 5) is 12.6. The molecule has 6 nitrogen and oxygen atoms in total. The zero-order valence-electron chi connectivity index (χ0n) is 11.2. The summed E-state index contributed by atoms with van der Waals surface area (Å²) < 4.78 is 5.26. The molecule has 3 aromatic rings. The van der Waals surface area contributed by atoms with Crippen molar-refractivity contribution < 1.29 is 4.52 Å². The molecule has 0 aliphatic rings. The van der Waals surface area contributed by atoms with Gasteiger partial charge in [0, 0.05) is 17.4 Å². The molecule has 0 atom stereocenters. The van der Waals surface area contributed by atoms with Gasteiger partial charge in [-0.2, -0.15) is 4.98 Å². The second-order valence-electron chi connectivity index (χ2n) is 4.48. The van der Waals surface area contributed by atoms with Crippen LogP contribution in [0.25, 0.3) is 23.0 Å². The van der Waals surface area contributed by atoms with Gasteiger partial charge in [0.25, 0.3) is 5.89 Å². The van der Waals surface area contributed by atoms with E-state index in [1.807, 2.05) is 32.0 Å². The van der Waals surface area contributed by atoms with Crippen LogP contribution in [0.15, 0.2) is 35.0 Å². The second kappa shape index (κ2) is 4.73. The zero-order valence-corrected chi connectivity index (χ0v) is 11.2. The minimum atomic E-state index is 0.419. The number of rotatable bonds is 2. The van der Waals surface area contributed by atoms with Crippen LogP contribution in [0.2, 0.25) is 0 Å². The highest BCUT2D eigenvalue weighted by Gasteiger charge is 2.12. The minimum Gasteiger partial charge on any atom is -0.398 e. The molecule has 1 aromatic carbocycles. The first-order valence-electron chi connectivity index (χ1n) is 6.14. The molecule has 2 N–H and O–H groups in total. The van der Waals surface area contributed by atoms with Crippen molar-refractivity contribution in [1.82, 2.24) is 20.1 Å². The second-order valence-corrected chi connectivity index (χ2v) is 4.48. The first-order chi connectivity index (χ1) is 9.63. The first kappa shape index (κ1) is 12.3. The van der Waals surface area contributed by atoms with Crippen molar-refractivity contribution >= 4 is 5.69 Å². The summed E-state index contributed by atoms with van der Waals surface area (Å²) >= 11 is 0. The van der Waals surface area contributed by atoms with Gasteiger partial charge < -0.3 is 10.3 Å². The number of nitrogen functional groups attached to an aromatic ring is 1. The number of nitrogens with two attached hydrogens (primary N) is 1. The summed E-state index contributed by atoms with van der Waals surface area (Å²) in [7, 11) is 0. The molecule has 0 aliphatic heterocycles. The predicted octanol–water partition coefficient (Wildman–Crippen LogP) is 2.39. The van der Waals surface area contributed by atoms with E-state index >= 15 is 0 Å². The van der Waals surface area contributed by atoms with E-state index in [0.29, 0.717) is 28.9 Å². The SMILES string of the molecule is Cc1nccc(-c2noc(-c3ccc(C)c(N)c3)n2)n1. The highest BCUT2D eigenvalue weighted by molar-refractivity contribution is 5.63. The zero-order chi connectivity index (χ0) is 14.1. The molecule has 2 aromatic heterocycles. The molecule has 2 heterocycles. The molecule has 20 heavy (non-hydrogen) atoms. The number of benzene rings is 1. The van der Waals surface area contributed by atoms with Gasteiger partial charge in [0.2, 0.25) is 5.82 Å². The molecule has 0 spiro atoms. The van der Waals surface area contributed by atoms with E-state index < -0.39 is 0 Å². The summed E-state index contributed by atoms with van der Waals surface area (Å²) in [6, 6.07) is 7.38. The van der Waals surface area contributed by atoms with Gasteiger partial charge in [-0.05, 0) is 37.6 Å². The van der Waals surface area contributed by atoms with Gasteiger partial charge in [0.15, 0.2) is 0 Å². The molecular weight excluding hydrogens is 254 g/mol. The largest absolute Gasteiger partial charge is 0.398 e. The molecule has 6 heteroatoms. The third-order valence-corrected chi connectivity index (χ3v) is 2.96. The molecule has 0 saturated carbocycles. The molecule has 0 fully saturated rings. The Kier molecular flexibility index (Phi) is 2.90. The van der Waals surface area contributed by atoms with Crippen molar-refractivity contribution in [3.05, 3.63) is 41.9 Å². The van der Waals surface area contributed by atoms with Gasteiger partial charge in [0.1, 0.15) is 11.5 Å². The standard InChI is InChI=1S/C14H13N5O/c1-8-3-4-10(7-11(8)15)14-18-13(19-20-14)12-5-6-16-9(2)17-12/h3-7H,15H2,1-2H3. The summed E-state index contributed by atoms with van der Waals surface area (Å²) in [5, 5.41) is 3.94. The maximum absolute atomic E-state index is 5.89. The maximum atomic E-state index is 5.89. The van der Waals surface area contributed by atoms with Gasteiger partial charge >= 0.3 is 0 Å². The van der Waals surface area contributed by atoms with Crippen LogP contribution in [0.5, 0.6) is 0 Å². The monoisotopic (exact) mass is 267 g/mol. The van der Waals surface area contributed by atoms with Crippen LogP contribution in [0.4, 0.5) is 5.69 Å². The van der Waals surface area contributed by atoms with Crippen molar-refractivity contribution in [2.24, 2.45) is 0 Å². The van der Waals surface area contributed by atoms with Crippen LogP contribution in [-0.4, -0.2) is 20.1 Å². The Morgan fingerprint density at radius 1 is 1.10 bits per heavy atom. The average molecular weight is 267 g/mol. The highest BCUT2D eigenvalue weighted by atomic mass is 16.5. The van der Waals surface area contributed by atoms with Crippen LogP contribution < -0.4 is 5.73 Å². The summed E-state index contributed by atoms with van der Waals surface area (Å²) in [5.41, 5.74) is 9.02. The lowest BCUT2D eigenvalue weighted by Crippen LogP contribution is -1.91. The first-order valence-corrected chi connectivity index (χ1v) is 6.14. The van der Waals surface area contributed by atoms with Gasteiger partial charge in [-0.25, -0.2) is 9.97 Å². The number of aryl methyl sites for hydroxylation is 2. The molecule has 0 unspecified atom stereocenters. The number of aromatic nitrogens is 4. The van der Waals surface area contributed by atoms with Crippen LogP contribution in [0.3, 0.4) is 0 Å². The van der Waals surface area contributed by atoms with E-state index in [1.54, 1.807) is 12.3 Å². The van der Waals surface area contributed by atoms with E-state index in [9.17, 15) is 0 Å². The van der Waals surface area contributed by atoms with E-state index in [1.165, 1.54) is 0 Å². The molecular formula is C14H13N5O. The van der Waals surface area contributed by atoms with Crippen molar-refractivity contribution in [2.45, 2.75) is 13.8 Å². The molecule has 0 radical (unpaired) electrons. The van der Waals surface area contributed by atoms with Crippen LogP contribution in [0, 0.1) is 13.8 Å². The Labute approximate surface area is 115 Å². The Bertz CT molecular complexity index is 766. The summed E-state index contributed by atoms with van der Waals surface area (Å²) in [6.07, 6.45) is 1.66. The van der Waals surface area contributed by atoms with E-state index in [2.05, 4.69) is 20.1 Å². The minimum absolute atomic E-state index is 0.419. The topological polar surface area (TPSA) is 90.7 Å². The Balaban J connectivity index is 1.99. The van der Waals surface area contributed by atoms with Crippen molar-refractivity contribution in [3.63, 3.8) is 0 Å². The predicted molar refractivity (Wildman–Crippen MR) is 74.6 cm³/mol. The molecule has 3 rings (SSSR count). The van der Waals surface area contributed by atoms with Crippen molar-refractivity contribution in [3.8, 4) is 23.0 Å². The lowest BCUT2D eigenvalue weighted by Gasteiger charge is -2.00. The Morgan fingerprint density at radius 3 is 2.70 bits per heavy atom. The molecule has 0 bridgehead atoms. The van der Waals surface area contributed by atoms with Gasteiger partial charge in [-0.3, -0.25) is 0 Å². The number of hydrogen-bond donors (Lipinski definition) is 1. The van der Waals surface area contributed by atoms with Gasteiger partial charge in [0.05, 0.1) is 0 Å². The van der Waals surface area contributed by atoms with Crippen LogP contribution >= 0.6 is 0 Å². The lowest BCUT2D eigenvalue weighted by molar-refractivity contribution is 0.432. The van der Waals surface area contributed by atoms with E-state index in [4.69, 9.17) is 10.3 Å². The van der Waals surface area contributed by atoms with Gasteiger partial charge in [-0.1, -0.05) is 11.2 Å². The number of anilines is 1. The van der Waals surface area contributed by atoms with Gasteiger partial charge in [-0.15, -0.1) is 0 Å². The number of nitrogens with zero attached hydrogens (tertiary/aromatic N) is 4. The molecule has 0 amide bonds. The van der Waals surface area contributed by atoms with E-state index in [0.717, 1.165) is 11.1 Å². The molecule has 100 valence electrons. The van der Waals surface area contributed by atoms with E-state index in [-0.39, 0.29) is 0 Å². The van der Waals surface area contributed by atoms with Crippen molar-refractivity contribution in [2.75, 3.05) is 5.73 Å². The highest BCUT2D eigenvalue weighted by Crippen LogP contribution is 2.24. The van der Waals surface area contributed by atoms with Crippen LogP contribution in [-0.2, 0) is 0 Å². The fourth-order valence-electron chi connectivity index (χ4n) is 1.80. The maximum Gasteiger partial charge on any atom is 0.258 e. The quantitative estimate of drug-likeness (QED) is 0.717. The van der Waals surface area contributed by atoms with Crippen LogP contribution in [0.1, 0.15) is 11.4 Å². The normalized spacial score (nSPS) is 10.7. The smallest absolute Gasteiger partial charge is 0.258 e. The summed E-state index contributed by atoms with van der Waals surface area (Å²) in [5.74, 6) is 1.51. The average Bonchev–Trinajstić information content (AvgIpc) is 2.92. The fourth-order valence-corrected chi connectivity index (χ4v) is 1.80. The number of hydrogen-bond acceptors (Lipinski definition) is 6. The fraction of sp³-hybridized carbons (Fsp3) is 0.143. The summed E-state index contributed by atoms with van der Waals surface area (Å²) in [6.45, 7) is 3.76. The third-order valence-electron chi connectivity index (χ3n) is 2.96. The third kappa shape index (κ3) is 2.23.